The van der Waals surface area contributed by atoms with E-state index in [1.165, 1.54) is 13.0 Å². The number of aliphatic hydroxyl groups excluding tert-OH is 1. The Balaban J connectivity index is 3.28. The summed E-state index contributed by atoms with van der Waals surface area (Å²) >= 11 is 18.4. The molecule has 0 unspecified atom stereocenters. The number of nitrogens with zero attached hydrogens (tertiary/aromatic N) is 1. The Morgan fingerprint density at radius 3 is 2.26 bits per heavy atom. The molecule has 0 heterocycles. The fraction of sp³-hybridized carbons (Fsp3) is 0.389. The molecule has 1 N–H and O–H groups in total. The van der Waals surface area contributed by atoms with Crippen molar-refractivity contribution in [3.05, 3.63) is 38.0 Å². The first-order valence-corrected chi connectivity index (χ1v) is 9.33. The lowest BCUT2D eigenvalue weighted by atomic mass is 10.2. The van der Waals surface area contributed by atoms with E-state index >= 15 is 0 Å². The number of rotatable bonds is 8. The van der Waals surface area contributed by atoms with Crippen LogP contribution in [0.3, 0.4) is 0 Å². The average Bonchev–Trinajstić information content (AvgIpc) is 2.62. The maximum atomic E-state index is 12.2. The molecular formula is C18H20Cl3NO5. The second kappa shape index (κ2) is 11.2. The molecule has 1 aromatic rings. The molecule has 0 aromatic heterocycles. The molecule has 0 atom stereocenters. The molecule has 0 radical (unpaired) electrons. The van der Waals surface area contributed by atoms with Crippen LogP contribution in [0.15, 0.2) is 22.4 Å². The molecule has 0 aliphatic heterocycles. The van der Waals surface area contributed by atoms with Gasteiger partial charge in [0.1, 0.15) is 16.9 Å². The van der Waals surface area contributed by atoms with Gasteiger partial charge in [-0.2, -0.15) is 0 Å². The minimum Gasteiger partial charge on any atom is -0.512 e. The maximum Gasteiger partial charge on any atom is 0.343 e. The Bertz CT molecular complexity index is 771. The third-order valence-corrected chi connectivity index (χ3v) is 4.33. The highest BCUT2D eigenvalue weighted by atomic mass is 35.5. The van der Waals surface area contributed by atoms with Crippen LogP contribution in [0.1, 0.15) is 44.0 Å². The summed E-state index contributed by atoms with van der Waals surface area (Å²) in [4.78, 5) is 28.2. The molecule has 0 saturated heterocycles. The number of hydrogen-bond acceptors (Lipinski definition) is 6. The molecule has 0 aliphatic rings. The van der Waals surface area contributed by atoms with Crippen molar-refractivity contribution in [3.8, 4) is 0 Å². The summed E-state index contributed by atoms with van der Waals surface area (Å²) in [5.41, 5.74) is -0.191. The smallest absolute Gasteiger partial charge is 0.343 e. The molecular weight excluding hydrogens is 417 g/mol. The highest BCUT2D eigenvalue weighted by Gasteiger charge is 2.22. The molecule has 6 nitrogen and oxygen atoms in total. The van der Waals surface area contributed by atoms with Gasteiger partial charge in [0.05, 0.1) is 34.0 Å². The predicted octanol–water partition coefficient (Wildman–Crippen LogP) is 5.70. The number of esters is 2. The van der Waals surface area contributed by atoms with E-state index in [9.17, 15) is 14.7 Å². The first-order chi connectivity index (χ1) is 12.7. The van der Waals surface area contributed by atoms with E-state index in [-0.39, 0.29) is 50.9 Å². The largest absolute Gasteiger partial charge is 0.512 e. The van der Waals surface area contributed by atoms with E-state index < -0.39 is 11.9 Å². The topological polar surface area (TPSA) is 85.2 Å². The van der Waals surface area contributed by atoms with Gasteiger partial charge in [-0.05, 0) is 25.8 Å². The molecule has 1 aromatic carbocycles. The summed E-state index contributed by atoms with van der Waals surface area (Å²) in [5, 5.41) is 9.60. The van der Waals surface area contributed by atoms with Crippen LogP contribution in [0.2, 0.25) is 15.1 Å². The Labute approximate surface area is 172 Å². The van der Waals surface area contributed by atoms with E-state index in [1.54, 1.807) is 0 Å². The third-order valence-electron chi connectivity index (χ3n) is 3.16. The Morgan fingerprint density at radius 2 is 1.70 bits per heavy atom. The summed E-state index contributed by atoms with van der Waals surface area (Å²) in [6.45, 7) is 5.39. The highest BCUT2D eigenvalue weighted by molar-refractivity contribution is 6.47. The first-order valence-electron chi connectivity index (χ1n) is 8.20. The van der Waals surface area contributed by atoms with Crippen molar-refractivity contribution in [3.63, 3.8) is 0 Å². The molecule has 9 heteroatoms. The molecule has 0 aliphatic carbocycles. The number of halogens is 3. The lowest BCUT2D eigenvalue weighted by molar-refractivity contribution is -0.138. The Kier molecular flexibility index (Phi) is 9.63. The second-order valence-electron chi connectivity index (χ2n) is 5.41. The van der Waals surface area contributed by atoms with Crippen LogP contribution in [0.25, 0.3) is 0 Å². The van der Waals surface area contributed by atoms with E-state index in [0.29, 0.717) is 12.8 Å². The normalized spacial score (nSPS) is 12.1. The molecule has 0 fully saturated rings. The van der Waals surface area contributed by atoms with Crippen LogP contribution >= 0.6 is 34.8 Å². The van der Waals surface area contributed by atoms with Gasteiger partial charge in [0.2, 0.25) is 0 Å². The number of carbonyl (C=O) groups excluding carboxylic acids is 2. The van der Waals surface area contributed by atoms with Gasteiger partial charge in [-0.1, -0.05) is 48.7 Å². The molecule has 0 spiro atoms. The quantitative estimate of drug-likeness (QED) is 0.186. The van der Waals surface area contributed by atoms with Crippen molar-refractivity contribution < 1.29 is 24.2 Å². The van der Waals surface area contributed by atoms with Crippen LogP contribution in [-0.4, -0.2) is 36.5 Å². The van der Waals surface area contributed by atoms with Crippen molar-refractivity contribution in [1.29, 1.82) is 0 Å². The lowest BCUT2D eigenvalue weighted by Crippen LogP contribution is -2.11. The zero-order valence-corrected chi connectivity index (χ0v) is 17.4. The minimum absolute atomic E-state index is 0.0384. The Hall–Kier alpha value is -1.76. The van der Waals surface area contributed by atoms with E-state index in [2.05, 4.69) is 4.99 Å². The van der Waals surface area contributed by atoms with Gasteiger partial charge in [-0.3, -0.25) is 4.99 Å². The molecule has 27 heavy (non-hydrogen) atoms. The first kappa shape index (κ1) is 23.3. The van der Waals surface area contributed by atoms with E-state index in [1.807, 2.05) is 13.8 Å². The summed E-state index contributed by atoms with van der Waals surface area (Å²) in [6, 6.07) is 1.33. The van der Waals surface area contributed by atoms with Crippen molar-refractivity contribution in [2.24, 2.45) is 4.99 Å². The number of benzene rings is 1. The van der Waals surface area contributed by atoms with Gasteiger partial charge in [0, 0.05) is 6.21 Å². The second-order valence-corrected chi connectivity index (χ2v) is 6.57. The van der Waals surface area contributed by atoms with Gasteiger partial charge in [0.15, 0.2) is 0 Å². The van der Waals surface area contributed by atoms with E-state index in [0.717, 1.165) is 6.21 Å². The monoisotopic (exact) mass is 435 g/mol. The van der Waals surface area contributed by atoms with Crippen LogP contribution in [0, 0.1) is 0 Å². The maximum absolute atomic E-state index is 12.2. The van der Waals surface area contributed by atoms with Gasteiger partial charge >= 0.3 is 11.9 Å². The minimum atomic E-state index is -0.737. The van der Waals surface area contributed by atoms with E-state index in [4.69, 9.17) is 44.3 Å². The van der Waals surface area contributed by atoms with Gasteiger partial charge in [-0.25, -0.2) is 9.59 Å². The molecule has 0 saturated carbocycles. The molecule has 148 valence electrons. The predicted molar refractivity (Wildman–Crippen MR) is 107 cm³/mol. The third kappa shape index (κ3) is 6.41. The SMILES string of the molecule is CCCOC(=O)C(C=Nc1cc(Cl)c(Cl)c(C(=O)OCCC)c1Cl)=C(C)O. The van der Waals surface area contributed by atoms with Crippen LogP contribution in [-0.2, 0) is 14.3 Å². The fourth-order valence-corrected chi connectivity index (χ4v) is 2.58. The van der Waals surface area contributed by atoms with Gasteiger partial charge in [-0.15, -0.1) is 0 Å². The summed E-state index contributed by atoms with van der Waals surface area (Å²) in [7, 11) is 0. The number of aliphatic hydroxyl groups is 1. The van der Waals surface area contributed by atoms with Crippen LogP contribution in [0.5, 0.6) is 0 Å². The van der Waals surface area contributed by atoms with Gasteiger partial charge < -0.3 is 14.6 Å². The number of aliphatic imine (C=N–C) groups is 1. The van der Waals surface area contributed by atoms with Gasteiger partial charge in [0.25, 0.3) is 0 Å². The zero-order valence-electron chi connectivity index (χ0n) is 15.1. The number of ether oxygens (including phenoxy) is 2. The van der Waals surface area contributed by atoms with Crippen LogP contribution in [0.4, 0.5) is 5.69 Å². The summed E-state index contributed by atoms with van der Waals surface area (Å²) < 4.78 is 10.0. The lowest BCUT2D eigenvalue weighted by Gasteiger charge is -2.11. The van der Waals surface area contributed by atoms with Crippen molar-refractivity contribution >= 4 is 58.6 Å². The number of carbonyl (C=O) groups is 2. The van der Waals surface area contributed by atoms with Crippen LogP contribution < -0.4 is 0 Å². The average molecular weight is 437 g/mol. The number of hydrogen-bond donors (Lipinski definition) is 1. The Morgan fingerprint density at radius 1 is 1.11 bits per heavy atom. The molecule has 0 bridgehead atoms. The number of allylic oxidation sites excluding steroid dienone is 1. The fourth-order valence-electron chi connectivity index (χ4n) is 1.83. The highest BCUT2D eigenvalue weighted by Crippen LogP contribution is 2.39. The molecule has 0 amide bonds. The van der Waals surface area contributed by atoms with Crippen molar-refractivity contribution in [1.82, 2.24) is 0 Å². The summed E-state index contributed by atoms with van der Waals surface area (Å²) in [6.07, 6.45) is 2.33. The summed E-state index contributed by atoms with van der Waals surface area (Å²) in [5.74, 6) is -1.75. The zero-order chi connectivity index (χ0) is 20.6. The molecule has 1 rings (SSSR count). The van der Waals surface area contributed by atoms with Crippen molar-refractivity contribution in [2.45, 2.75) is 33.6 Å². The van der Waals surface area contributed by atoms with Crippen molar-refractivity contribution in [2.75, 3.05) is 13.2 Å². The standard InChI is InChI=1S/C18H20Cl3NO5/c1-4-6-26-17(24)11(10(3)23)9-22-13-8-12(19)15(20)14(16(13)21)18(25)27-7-5-2/h8-9,23H,4-7H2,1-3H3.